The van der Waals surface area contributed by atoms with Crippen LogP contribution in [-0.2, 0) is 14.3 Å². The maximum Gasteiger partial charge on any atom is 0.326 e. The fourth-order valence-corrected chi connectivity index (χ4v) is 1.84. The Labute approximate surface area is 110 Å². The van der Waals surface area contributed by atoms with Gasteiger partial charge < -0.3 is 25.8 Å². The molecule has 4 N–H and O–H groups in total. The standard InChI is InChI=1S/C11H19N3O5/c1-14(6-7-3-2-4-19-7)11(18)13-8(10(16)17)5-9(12)15/h7-8H,2-6H2,1H3,(H2,12,15)(H,13,18)(H,16,17)/t7?,8-/m1/s1. The number of carbonyl (C=O) groups excluding carboxylic acids is 2. The summed E-state index contributed by atoms with van der Waals surface area (Å²) in [6.45, 7) is 1.06. The molecule has 3 amide bonds. The van der Waals surface area contributed by atoms with Gasteiger partial charge in [0.05, 0.1) is 12.5 Å². The summed E-state index contributed by atoms with van der Waals surface area (Å²) in [6.07, 6.45) is 1.38. The van der Waals surface area contributed by atoms with E-state index in [0.717, 1.165) is 12.8 Å². The average molecular weight is 273 g/mol. The van der Waals surface area contributed by atoms with Crippen LogP contribution in [0, 0.1) is 0 Å². The minimum absolute atomic E-state index is 0.0184. The third-order valence-electron chi connectivity index (χ3n) is 2.85. The highest BCUT2D eigenvalue weighted by Gasteiger charge is 2.25. The Morgan fingerprint density at radius 1 is 1.53 bits per heavy atom. The van der Waals surface area contributed by atoms with Crippen LogP contribution in [0.5, 0.6) is 0 Å². The number of carboxylic acid groups (broad SMARTS) is 1. The third kappa shape index (κ3) is 5.12. The molecule has 0 saturated carbocycles. The molecule has 108 valence electrons. The summed E-state index contributed by atoms with van der Waals surface area (Å²) in [4.78, 5) is 34.7. The number of aliphatic carboxylic acids is 1. The molecule has 19 heavy (non-hydrogen) atoms. The molecule has 0 spiro atoms. The van der Waals surface area contributed by atoms with E-state index in [1.54, 1.807) is 7.05 Å². The van der Waals surface area contributed by atoms with Gasteiger partial charge in [0.25, 0.3) is 0 Å². The summed E-state index contributed by atoms with van der Waals surface area (Å²) in [7, 11) is 1.54. The summed E-state index contributed by atoms with van der Waals surface area (Å²) in [5.41, 5.74) is 4.93. The predicted octanol–water partition coefficient (Wildman–Crippen LogP) is -0.865. The van der Waals surface area contributed by atoms with Crippen LogP contribution in [0.15, 0.2) is 0 Å². The van der Waals surface area contributed by atoms with Crippen molar-refractivity contribution in [2.75, 3.05) is 20.2 Å². The number of primary amides is 1. The highest BCUT2D eigenvalue weighted by molar-refractivity contribution is 5.87. The molecule has 0 radical (unpaired) electrons. The zero-order chi connectivity index (χ0) is 14.4. The highest BCUT2D eigenvalue weighted by Crippen LogP contribution is 2.12. The largest absolute Gasteiger partial charge is 0.480 e. The van der Waals surface area contributed by atoms with E-state index in [0.29, 0.717) is 13.2 Å². The normalized spacial score (nSPS) is 19.7. The van der Waals surface area contributed by atoms with E-state index in [2.05, 4.69) is 5.32 Å². The van der Waals surface area contributed by atoms with E-state index in [-0.39, 0.29) is 6.10 Å². The van der Waals surface area contributed by atoms with Gasteiger partial charge in [-0.1, -0.05) is 0 Å². The number of nitrogens with zero attached hydrogens (tertiary/aromatic N) is 1. The van der Waals surface area contributed by atoms with Gasteiger partial charge in [-0.25, -0.2) is 9.59 Å². The van der Waals surface area contributed by atoms with Crippen molar-refractivity contribution in [3.05, 3.63) is 0 Å². The van der Waals surface area contributed by atoms with E-state index in [1.165, 1.54) is 4.90 Å². The number of carboxylic acids is 1. The quantitative estimate of drug-likeness (QED) is 0.581. The maximum atomic E-state index is 11.8. The van der Waals surface area contributed by atoms with Crippen molar-refractivity contribution in [3.8, 4) is 0 Å². The molecule has 1 heterocycles. The van der Waals surface area contributed by atoms with Crippen molar-refractivity contribution < 1.29 is 24.2 Å². The summed E-state index contributed by atoms with van der Waals surface area (Å²) in [6, 6.07) is -1.87. The molecule has 1 saturated heterocycles. The van der Waals surface area contributed by atoms with E-state index in [9.17, 15) is 14.4 Å². The molecule has 0 aromatic rings. The summed E-state index contributed by atoms with van der Waals surface area (Å²) >= 11 is 0. The van der Waals surface area contributed by atoms with Crippen LogP contribution in [0.3, 0.4) is 0 Å². The van der Waals surface area contributed by atoms with Gasteiger partial charge in [-0.05, 0) is 12.8 Å². The Hall–Kier alpha value is -1.83. The van der Waals surface area contributed by atoms with Crippen LogP contribution in [0.1, 0.15) is 19.3 Å². The number of likely N-dealkylation sites (N-methyl/N-ethyl adjacent to an activating group) is 1. The van der Waals surface area contributed by atoms with Gasteiger partial charge in [-0.15, -0.1) is 0 Å². The molecular formula is C11H19N3O5. The second-order valence-electron chi connectivity index (χ2n) is 4.53. The van der Waals surface area contributed by atoms with Crippen molar-refractivity contribution in [1.29, 1.82) is 0 Å². The SMILES string of the molecule is CN(CC1CCCO1)C(=O)N[C@H](CC(N)=O)C(=O)O. The topological polar surface area (TPSA) is 122 Å². The molecule has 0 bridgehead atoms. The van der Waals surface area contributed by atoms with Crippen LogP contribution in [0.2, 0.25) is 0 Å². The Kier molecular flexibility index (Phi) is 5.56. The second kappa shape index (κ2) is 6.93. The first-order chi connectivity index (χ1) is 8.90. The summed E-state index contributed by atoms with van der Waals surface area (Å²) in [5, 5.41) is 11.1. The highest BCUT2D eigenvalue weighted by atomic mass is 16.5. The molecule has 8 heteroatoms. The van der Waals surface area contributed by atoms with Crippen LogP contribution in [0.4, 0.5) is 4.79 Å². The molecule has 2 atom stereocenters. The molecule has 0 aromatic carbocycles. The molecule has 0 aromatic heterocycles. The summed E-state index contributed by atoms with van der Waals surface area (Å²) < 4.78 is 5.38. The lowest BCUT2D eigenvalue weighted by Gasteiger charge is -2.23. The van der Waals surface area contributed by atoms with Crippen molar-refractivity contribution >= 4 is 17.9 Å². The lowest BCUT2D eigenvalue weighted by Crippen LogP contribution is -2.49. The van der Waals surface area contributed by atoms with Gasteiger partial charge in [0.2, 0.25) is 5.91 Å². The number of nitrogens with two attached hydrogens (primary N) is 1. The first-order valence-electron chi connectivity index (χ1n) is 6.04. The number of carbonyl (C=O) groups is 3. The molecule has 0 aliphatic carbocycles. The Balaban J connectivity index is 2.45. The van der Waals surface area contributed by atoms with E-state index in [1.807, 2.05) is 0 Å². The predicted molar refractivity (Wildman–Crippen MR) is 65.4 cm³/mol. The number of nitrogens with one attached hydrogen (secondary N) is 1. The zero-order valence-electron chi connectivity index (χ0n) is 10.8. The lowest BCUT2D eigenvalue weighted by atomic mass is 10.2. The molecule has 1 rings (SSSR count). The van der Waals surface area contributed by atoms with Crippen molar-refractivity contribution in [3.63, 3.8) is 0 Å². The average Bonchev–Trinajstić information content (AvgIpc) is 2.79. The van der Waals surface area contributed by atoms with E-state index < -0.39 is 30.4 Å². The first-order valence-corrected chi connectivity index (χ1v) is 6.04. The minimum atomic E-state index is -1.31. The molecule has 1 fully saturated rings. The van der Waals surface area contributed by atoms with Crippen LogP contribution >= 0.6 is 0 Å². The van der Waals surface area contributed by atoms with Gasteiger partial charge in [0.15, 0.2) is 0 Å². The second-order valence-corrected chi connectivity index (χ2v) is 4.53. The number of hydrogen-bond acceptors (Lipinski definition) is 4. The molecular weight excluding hydrogens is 254 g/mol. The number of hydrogen-bond donors (Lipinski definition) is 3. The van der Waals surface area contributed by atoms with E-state index in [4.69, 9.17) is 15.6 Å². The first kappa shape index (κ1) is 15.2. The van der Waals surface area contributed by atoms with Crippen LogP contribution < -0.4 is 11.1 Å². The molecule has 8 nitrogen and oxygen atoms in total. The van der Waals surface area contributed by atoms with Gasteiger partial charge in [-0.2, -0.15) is 0 Å². The number of urea groups is 1. The zero-order valence-corrected chi connectivity index (χ0v) is 10.8. The van der Waals surface area contributed by atoms with Crippen molar-refractivity contribution in [2.24, 2.45) is 5.73 Å². The number of ether oxygens (including phenoxy) is 1. The smallest absolute Gasteiger partial charge is 0.326 e. The van der Waals surface area contributed by atoms with Gasteiger partial charge in [-0.3, -0.25) is 4.79 Å². The number of amides is 3. The fraction of sp³-hybridized carbons (Fsp3) is 0.727. The Bertz CT molecular complexity index is 354. The van der Waals surface area contributed by atoms with Crippen molar-refractivity contribution in [2.45, 2.75) is 31.4 Å². The van der Waals surface area contributed by atoms with Crippen LogP contribution in [-0.4, -0.2) is 60.3 Å². The van der Waals surface area contributed by atoms with Gasteiger partial charge in [0.1, 0.15) is 6.04 Å². The summed E-state index contributed by atoms with van der Waals surface area (Å²) in [5.74, 6) is -2.08. The monoisotopic (exact) mass is 273 g/mol. The molecule has 1 unspecified atom stereocenters. The van der Waals surface area contributed by atoms with E-state index >= 15 is 0 Å². The molecule has 1 aliphatic heterocycles. The Morgan fingerprint density at radius 3 is 2.68 bits per heavy atom. The third-order valence-corrected chi connectivity index (χ3v) is 2.85. The Morgan fingerprint density at radius 2 is 2.21 bits per heavy atom. The lowest BCUT2D eigenvalue weighted by molar-refractivity contribution is -0.140. The van der Waals surface area contributed by atoms with Gasteiger partial charge >= 0.3 is 12.0 Å². The van der Waals surface area contributed by atoms with Gasteiger partial charge in [0, 0.05) is 20.2 Å². The fourth-order valence-electron chi connectivity index (χ4n) is 1.84. The number of rotatable bonds is 6. The van der Waals surface area contributed by atoms with Crippen molar-refractivity contribution in [1.82, 2.24) is 10.2 Å². The minimum Gasteiger partial charge on any atom is -0.480 e. The molecule has 1 aliphatic rings. The maximum absolute atomic E-state index is 11.8. The van der Waals surface area contributed by atoms with Crippen LogP contribution in [0.25, 0.3) is 0 Å².